The molecule has 0 aliphatic carbocycles. The molecular weight excluding hydrogens is 374 g/mol. The molecule has 1 aromatic carbocycles. The summed E-state index contributed by atoms with van der Waals surface area (Å²) in [6.07, 6.45) is 0.492. The molecule has 1 rings (SSSR count). The number of carboxylic acid groups (broad SMARTS) is 1. The smallest absolute Gasteiger partial charge is 0.326 e. The van der Waals surface area contributed by atoms with Crippen molar-refractivity contribution in [2.24, 2.45) is 11.7 Å². The van der Waals surface area contributed by atoms with E-state index in [1.165, 1.54) is 18.9 Å². The van der Waals surface area contributed by atoms with Crippen LogP contribution >= 0.6 is 0 Å². The Hall–Kier alpha value is -3.44. The van der Waals surface area contributed by atoms with E-state index in [0.717, 1.165) is 12.1 Å². The highest BCUT2D eigenvalue weighted by molar-refractivity contribution is 5.87. The number of anilines is 2. The summed E-state index contributed by atoms with van der Waals surface area (Å²) in [7, 11) is 1.36. The summed E-state index contributed by atoms with van der Waals surface area (Å²) in [6.45, 7) is 4.83. The Labute approximate surface area is 160 Å². The summed E-state index contributed by atoms with van der Waals surface area (Å²) >= 11 is 0. The molecule has 154 valence electrons. The van der Waals surface area contributed by atoms with Crippen LogP contribution in [0.5, 0.6) is 0 Å². The molecule has 0 bridgehead atoms. The van der Waals surface area contributed by atoms with Gasteiger partial charge in [0.25, 0.3) is 11.4 Å². The lowest BCUT2D eigenvalue weighted by Crippen LogP contribution is -2.43. The number of carbonyl (C=O) groups excluding carboxylic acids is 1. The van der Waals surface area contributed by atoms with E-state index in [4.69, 9.17) is 5.73 Å². The van der Waals surface area contributed by atoms with E-state index in [2.05, 4.69) is 5.32 Å². The van der Waals surface area contributed by atoms with Gasteiger partial charge in [0.15, 0.2) is 0 Å². The Morgan fingerprint density at radius 3 is 2.14 bits per heavy atom. The quantitative estimate of drug-likeness (QED) is 0.391. The molecule has 0 unspecified atom stereocenters. The van der Waals surface area contributed by atoms with E-state index < -0.39 is 45.2 Å². The maximum atomic E-state index is 11.7. The van der Waals surface area contributed by atoms with Crippen molar-refractivity contribution in [2.75, 3.05) is 17.3 Å². The maximum absolute atomic E-state index is 11.7. The van der Waals surface area contributed by atoms with Crippen molar-refractivity contribution in [3.05, 3.63) is 32.4 Å². The van der Waals surface area contributed by atoms with Gasteiger partial charge in [-0.2, -0.15) is 0 Å². The molecule has 1 amide bonds. The predicted molar refractivity (Wildman–Crippen MR) is 101 cm³/mol. The summed E-state index contributed by atoms with van der Waals surface area (Å²) in [5.41, 5.74) is 3.59. The fourth-order valence-electron chi connectivity index (χ4n) is 2.73. The van der Waals surface area contributed by atoms with E-state index in [9.17, 15) is 34.9 Å². The summed E-state index contributed by atoms with van der Waals surface area (Å²) in [5.74, 6) is -2.34. The van der Waals surface area contributed by atoms with Gasteiger partial charge in [0.2, 0.25) is 5.91 Å². The van der Waals surface area contributed by atoms with Gasteiger partial charge in [0.1, 0.15) is 23.5 Å². The molecular formula is C16H23N5O7. The van der Waals surface area contributed by atoms with Crippen LogP contribution in [0.2, 0.25) is 0 Å². The normalized spacial score (nSPS) is 13.9. The van der Waals surface area contributed by atoms with Crippen LogP contribution in [0, 0.1) is 26.1 Å². The van der Waals surface area contributed by atoms with Gasteiger partial charge in [0, 0.05) is 7.05 Å². The first kappa shape index (κ1) is 22.6. The molecule has 0 heterocycles. The Bertz CT molecular complexity index is 798. The van der Waals surface area contributed by atoms with Gasteiger partial charge in [-0.25, -0.2) is 4.79 Å². The van der Waals surface area contributed by atoms with Gasteiger partial charge in [-0.3, -0.25) is 25.0 Å². The van der Waals surface area contributed by atoms with Crippen molar-refractivity contribution >= 4 is 34.6 Å². The summed E-state index contributed by atoms with van der Waals surface area (Å²) in [6, 6.07) is -0.277. The highest BCUT2D eigenvalue weighted by atomic mass is 16.6. The molecule has 0 saturated carbocycles. The van der Waals surface area contributed by atoms with Crippen molar-refractivity contribution in [1.29, 1.82) is 0 Å². The second-order valence-electron chi connectivity index (χ2n) is 6.42. The van der Waals surface area contributed by atoms with E-state index in [1.54, 1.807) is 13.8 Å². The highest BCUT2D eigenvalue weighted by Crippen LogP contribution is 2.39. The number of aliphatic carboxylic acids is 1. The first-order chi connectivity index (χ1) is 12.9. The van der Waals surface area contributed by atoms with E-state index in [1.807, 2.05) is 0 Å². The van der Waals surface area contributed by atoms with Crippen LogP contribution in [0.3, 0.4) is 0 Å². The fourth-order valence-corrected chi connectivity index (χ4v) is 2.73. The number of hydrogen-bond donors (Lipinski definition) is 3. The highest BCUT2D eigenvalue weighted by Gasteiger charge is 2.34. The van der Waals surface area contributed by atoms with Crippen LogP contribution < -0.4 is 16.0 Å². The number of likely N-dealkylation sites (N-methyl/N-ethyl adjacent to an activating group) is 1. The molecule has 0 saturated heterocycles. The number of nitro groups is 2. The van der Waals surface area contributed by atoms with Crippen molar-refractivity contribution in [3.8, 4) is 0 Å². The van der Waals surface area contributed by atoms with Gasteiger partial charge >= 0.3 is 5.97 Å². The lowest BCUT2D eigenvalue weighted by Gasteiger charge is -2.30. The zero-order valence-corrected chi connectivity index (χ0v) is 15.9. The standard InChI is InChI=1S/C16H23N5O7/c1-5-8(2)14(16(23)24)19(4)12-6-10(18-9(3)15(17)22)11(20(25)26)7-13(12)21(27)28/h6-9,14,18H,5H2,1-4H3,(H2,17,22)(H,23,24)/t8-,9+,14-/m1/s1. The number of nitrogens with zero attached hydrogens (tertiary/aromatic N) is 3. The van der Waals surface area contributed by atoms with Crippen molar-refractivity contribution in [1.82, 2.24) is 0 Å². The van der Waals surface area contributed by atoms with E-state index in [0.29, 0.717) is 6.42 Å². The summed E-state index contributed by atoms with van der Waals surface area (Å²) < 4.78 is 0. The average Bonchev–Trinajstić information content (AvgIpc) is 2.60. The first-order valence-corrected chi connectivity index (χ1v) is 8.40. The van der Waals surface area contributed by atoms with Crippen molar-refractivity contribution in [2.45, 2.75) is 39.3 Å². The molecule has 3 atom stereocenters. The molecule has 1 aromatic rings. The maximum Gasteiger partial charge on any atom is 0.326 e. The van der Waals surface area contributed by atoms with Gasteiger partial charge < -0.3 is 21.1 Å². The van der Waals surface area contributed by atoms with Crippen LogP contribution in [0.4, 0.5) is 22.7 Å². The van der Waals surface area contributed by atoms with E-state index in [-0.39, 0.29) is 17.3 Å². The Balaban J connectivity index is 3.66. The van der Waals surface area contributed by atoms with E-state index >= 15 is 0 Å². The molecule has 0 radical (unpaired) electrons. The molecule has 0 aromatic heterocycles. The number of hydrogen-bond acceptors (Lipinski definition) is 8. The molecule has 0 aliphatic heterocycles. The van der Waals surface area contributed by atoms with Gasteiger partial charge in [-0.05, 0) is 18.9 Å². The van der Waals surface area contributed by atoms with Gasteiger partial charge in [-0.1, -0.05) is 20.3 Å². The van der Waals surface area contributed by atoms with Crippen LogP contribution in [0.15, 0.2) is 12.1 Å². The zero-order valence-electron chi connectivity index (χ0n) is 15.9. The number of nitro benzene ring substituents is 2. The number of nitrogens with two attached hydrogens (primary N) is 1. The third-order valence-electron chi connectivity index (χ3n) is 4.52. The zero-order chi connectivity index (χ0) is 21.8. The molecule has 0 spiro atoms. The molecule has 12 nitrogen and oxygen atoms in total. The molecule has 12 heteroatoms. The second-order valence-corrected chi connectivity index (χ2v) is 6.42. The second kappa shape index (κ2) is 8.97. The number of benzene rings is 1. The number of rotatable bonds is 10. The minimum atomic E-state index is -1.19. The third-order valence-corrected chi connectivity index (χ3v) is 4.52. The molecule has 28 heavy (non-hydrogen) atoms. The molecule has 4 N–H and O–H groups in total. The number of nitrogens with one attached hydrogen (secondary N) is 1. The largest absolute Gasteiger partial charge is 0.480 e. The minimum Gasteiger partial charge on any atom is -0.480 e. The van der Waals surface area contributed by atoms with Gasteiger partial charge in [0.05, 0.1) is 15.9 Å². The SMILES string of the molecule is CC[C@@H](C)[C@H](C(=O)O)N(C)c1cc(N[C@@H](C)C(N)=O)c([N+](=O)[O-])cc1[N+](=O)[O-]. The lowest BCUT2D eigenvalue weighted by molar-refractivity contribution is -0.393. The van der Waals surface area contributed by atoms with Gasteiger partial charge in [-0.15, -0.1) is 0 Å². The Morgan fingerprint density at radius 1 is 1.21 bits per heavy atom. The lowest BCUT2D eigenvalue weighted by atomic mass is 9.97. The Kier molecular flexibility index (Phi) is 7.24. The van der Waals surface area contributed by atoms with Crippen LogP contribution in [0.25, 0.3) is 0 Å². The van der Waals surface area contributed by atoms with Crippen LogP contribution in [-0.2, 0) is 9.59 Å². The first-order valence-electron chi connectivity index (χ1n) is 8.40. The Morgan fingerprint density at radius 2 is 1.75 bits per heavy atom. The molecule has 0 aliphatic rings. The number of primary amides is 1. The van der Waals surface area contributed by atoms with Crippen molar-refractivity contribution in [3.63, 3.8) is 0 Å². The topological polar surface area (TPSA) is 182 Å². The van der Waals surface area contributed by atoms with Crippen LogP contribution in [-0.4, -0.2) is 46.0 Å². The van der Waals surface area contributed by atoms with Crippen molar-refractivity contribution < 1.29 is 24.5 Å². The predicted octanol–water partition coefficient (Wildman–Crippen LogP) is 1.72. The van der Waals surface area contributed by atoms with Crippen LogP contribution in [0.1, 0.15) is 27.2 Å². The average molecular weight is 397 g/mol. The summed E-state index contributed by atoms with van der Waals surface area (Å²) in [5, 5.41) is 35.0. The number of amides is 1. The fraction of sp³-hybridized carbons (Fsp3) is 0.500. The monoisotopic (exact) mass is 397 g/mol. The number of carbonyl (C=O) groups is 2. The molecule has 0 fully saturated rings. The third kappa shape index (κ3) is 4.84. The minimum absolute atomic E-state index is 0.137. The summed E-state index contributed by atoms with van der Waals surface area (Å²) in [4.78, 5) is 45.4. The number of carboxylic acids is 1.